The summed E-state index contributed by atoms with van der Waals surface area (Å²) >= 11 is 1.31. The summed E-state index contributed by atoms with van der Waals surface area (Å²) in [6.45, 7) is 4.82. The van der Waals surface area contributed by atoms with E-state index in [2.05, 4.69) is 36.1 Å². The Morgan fingerprint density at radius 3 is 2.56 bits per heavy atom. The van der Waals surface area contributed by atoms with Gasteiger partial charge in [0.2, 0.25) is 4.96 Å². The number of benzene rings is 2. The number of aryl methyl sites for hydroxylation is 1. The predicted octanol–water partition coefficient (Wildman–Crippen LogP) is 4.37. The molecule has 7 heteroatoms. The fourth-order valence-corrected chi connectivity index (χ4v) is 4.05. The summed E-state index contributed by atoms with van der Waals surface area (Å²) in [5.41, 5.74) is 2.93. The van der Waals surface area contributed by atoms with Crippen molar-refractivity contribution in [2.45, 2.75) is 26.7 Å². The van der Waals surface area contributed by atoms with Crippen molar-refractivity contribution in [3.05, 3.63) is 79.9 Å². The fourth-order valence-electron chi connectivity index (χ4n) is 3.14. The monoisotopic (exact) mass is 447 g/mol. The Balaban J connectivity index is 1.58. The van der Waals surface area contributed by atoms with Gasteiger partial charge < -0.3 is 9.47 Å². The van der Waals surface area contributed by atoms with E-state index in [4.69, 9.17) is 9.47 Å². The molecule has 0 aliphatic heterocycles. The van der Waals surface area contributed by atoms with Gasteiger partial charge in [-0.2, -0.15) is 9.50 Å². The molecule has 2 aromatic heterocycles. The minimum Gasteiger partial charge on any atom is -0.493 e. The van der Waals surface area contributed by atoms with Crippen LogP contribution in [-0.4, -0.2) is 28.3 Å². The molecule has 32 heavy (non-hydrogen) atoms. The SMILES string of the molecule is CCCCOc1ccc(/C=c2\sc3nc(/C=C/c4ccc(C)cc4)nn3c2=O)cc1OC. The zero-order valence-electron chi connectivity index (χ0n) is 18.4. The second kappa shape index (κ2) is 9.78. The van der Waals surface area contributed by atoms with Gasteiger partial charge in [0.05, 0.1) is 18.2 Å². The van der Waals surface area contributed by atoms with Crippen molar-refractivity contribution in [1.29, 1.82) is 0 Å². The number of thiazole rings is 1. The maximum atomic E-state index is 12.8. The van der Waals surface area contributed by atoms with Crippen LogP contribution in [0.5, 0.6) is 11.5 Å². The van der Waals surface area contributed by atoms with E-state index in [-0.39, 0.29) is 5.56 Å². The molecule has 0 aliphatic carbocycles. The van der Waals surface area contributed by atoms with Crippen LogP contribution in [0.1, 0.15) is 42.3 Å². The predicted molar refractivity (Wildman–Crippen MR) is 129 cm³/mol. The van der Waals surface area contributed by atoms with Crippen LogP contribution in [-0.2, 0) is 0 Å². The van der Waals surface area contributed by atoms with Crippen molar-refractivity contribution in [1.82, 2.24) is 14.6 Å². The molecule has 4 rings (SSSR count). The summed E-state index contributed by atoms with van der Waals surface area (Å²) in [6.07, 6.45) is 7.63. The van der Waals surface area contributed by atoms with Gasteiger partial charge in [0.15, 0.2) is 17.3 Å². The molecule has 164 valence electrons. The topological polar surface area (TPSA) is 65.7 Å². The third kappa shape index (κ3) is 4.89. The largest absolute Gasteiger partial charge is 0.493 e. The van der Waals surface area contributed by atoms with E-state index in [1.165, 1.54) is 21.4 Å². The lowest BCUT2D eigenvalue weighted by atomic mass is 10.1. The number of methoxy groups -OCH3 is 1. The van der Waals surface area contributed by atoms with Gasteiger partial charge in [-0.25, -0.2) is 0 Å². The van der Waals surface area contributed by atoms with Crippen LogP contribution < -0.4 is 19.6 Å². The number of ether oxygens (including phenoxy) is 2. The van der Waals surface area contributed by atoms with Crippen LogP contribution in [0.3, 0.4) is 0 Å². The van der Waals surface area contributed by atoms with Crippen LogP contribution >= 0.6 is 11.3 Å². The number of rotatable bonds is 8. The molecule has 2 aromatic carbocycles. The van der Waals surface area contributed by atoms with E-state index in [0.29, 0.717) is 33.4 Å². The molecule has 2 heterocycles. The zero-order chi connectivity index (χ0) is 22.5. The lowest BCUT2D eigenvalue weighted by Gasteiger charge is -2.10. The Hall–Kier alpha value is -3.45. The highest BCUT2D eigenvalue weighted by Crippen LogP contribution is 2.28. The molecule has 0 bridgehead atoms. The van der Waals surface area contributed by atoms with Crippen molar-refractivity contribution in [2.75, 3.05) is 13.7 Å². The Morgan fingerprint density at radius 2 is 1.84 bits per heavy atom. The van der Waals surface area contributed by atoms with Gasteiger partial charge in [-0.15, -0.1) is 5.10 Å². The van der Waals surface area contributed by atoms with Gasteiger partial charge in [-0.3, -0.25) is 4.79 Å². The molecule has 0 saturated carbocycles. The first-order valence-electron chi connectivity index (χ1n) is 10.5. The number of nitrogens with zero attached hydrogens (tertiary/aromatic N) is 3. The van der Waals surface area contributed by atoms with Gasteiger partial charge in [0.1, 0.15) is 0 Å². The van der Waals surface area contributed by atoms with Crippen LogP contribution in [0.15, 0.2) is 47.3 Å². The summed E-state index contributed by atoms with van der Waals surface area (Å²) in [5.74, 6) is 1.86. The average Bonchev–Trinajstić information content (AvgIpc) is 3.33. The molecular formula is C25H25N3O3S. The van der Waals surface area contributed by atoms with Crippen molar-refractivity contribution in [3.63, 3.8) is 0 Å². The highest BCUT2D eigenvalue weighted by molar-refractivity contribution is 7.15. The van der Waals surface area contributed by atoms with Crippen molar-refractivity contribution in [3.8, 4) is 11.5 Å². The molecule has 0 N–H and O–H groups in total. The Bertz CT molecular complexity index is 1350. The van der Waals surface area contributed by atoms with Crippen molar-refractivity contribution in [2.24, 2.45) is 0 Å². The van der Waals surface area contributed by atoms with Crippen LogP contribution in [0.25, 0.3) is 23.2 Å². The van der Waals surface area contributed by atoms with E-state index in [0.717, 1.165) is 24.0 Å². The third-order valence-corrected chi connectivity index (χ3v) is 5.90. The molecular weight excluding hydrogens is 422 g/mol. The van der Waals surface area contributed by atoms with Crippen LogP contribution in [0.2, 0.25) is 0 Å². The van der Waals surface area contributed by atoms with E-state index in [1.807, 2.05) is 48.6 Å². The molecule has 0 fully saturated rings. The number of hydrogen-bond acceptors (Lipinski definition) is 6. The van der Waals surface area contributed by atoms with Gasteiger partial charge >= 0.3 is 0 Å². The molecule has 0 radical (unpaired) electrons. The van der Waals surface area contributed by atoms with Crippen LogP contribution in [0.4, 0.5) is 0 Å². The van der Waals surface area contributed by atoms with E-state index in [1.54, 1.807) is 7.11 Å². The van der Waals surface area contributed by atoms with Gasteiger partial charge in [-0.1, -0.05) is 66.7 Å². The zero-order valence-corrected chi connectivity index (χ0v) is 19.2. The van der Waals surface area contributed by atoms with Gasteiger partial charge in [-0.05, 0) is 48.8 Å². The summed E-state index contributed by atoms with van der Waals surface area (Å²) in [7, 11) is 1.61. The second-order valence-corrected chi connectivity index (χ2v) is 8.45. The number of hydrogen-bond donors (Lipinski definition) is 0. The molecule has 0 amide bonds. The smallest absolute Gasteiger partial charge is 0.291 e. The minimum atomic E-state index is -0.185. The number of aromatic nitrogens is 3. The molecule has 0 atom stereocenters. The Kier molecular flexibility index (Phi) is 6.66. The quantitative estimate of drug-likeness (QED) is 0.376. The van der Waals surface area contributed by atoms with E-state index in [9.17, 15) is 4.79 Å². The number of unbranched alkanes of at least 4 members (excludes halogenated alkanes) is 1. The standard InChI is InChI=1S/C25H25N3O3S/c1-4-5-14-31-20-12-10-19(15-21(20)30-3)16-22-24(29)28-25(32-22)26-23(27-28)13-11-18-8-6-17(2)7-9-18/h6-13,15-16H,4-5,14H2,1-3H3/b13-11+,22-16-. The first-order chi connectivity index (χ1) is 15.6. The summed E-state index contributed by atoms with van der Waals surface area (Å²) in [4.78, 5) is 17.9. The molecule has 0 saturated heterocycles. The molecule has 0 spiro atoms. The number of fused-ring (bicyclic) bond motifs is 1. The summed E-state index contributed by atoms with van der Waals surface area (Å²) in [6, 6.07) is 13.8. The molecule has 6 nitrogen and oxygen atoms in total. The van der Waals surface area contributed by atoms with E-state index >= 15 is 0 Å². The molecule has 0 unspecified atom stereocenters. The molecule has 4 aromatic rings. The summed E-state index contributed by atoms with van der Waals surface area (Å²) in [5, 5.41) is 4.35. The highest BCUT2D eigenvalue weighted by Gasteiger charge is 2.10. The third-order valence-electron chi connectivity index (χ3n) is 4.94. The highest BCUT2D eigenvalue weighted by atomic mass is 32.1. The van der Waals surface area contributed by atoms with Crippen molar-refractivity contribution < 1.29 is 9.47 Å². The first-order valence-corrected chi connectivity index (χ1v) is 11.4. The van der Waals surface area contributed by atoms with Crippen LogP contribution in [0, 0.1) is 6.92 Å². The van der Waals surface area contributed by atoms with E-state index < -0.39 is 0 Å². The Morgan fingerprint density at radius 1 is 1.06 bits per heavy atom. The Labute approximate surface area is 190 Å². The molecule has 0 aliphatic rings. The lowest BCUT2D eigenvalue weighted by Crippen LogP contribution is -2.23. The second-order valence-electron chi connectivity index (χ2n) is 7.44. The fraction of sp³-hybridized carbons (Fsp3) is 0.240. The summed E-state index contributed by atoms with van der Waals surface area (Å²) < 4.78 is 13.2. The minimum absolute atomic E-state index is 0.185. The van der Waals surface area contributed by atoms with Gasteiger partial charge in [0, 0.05) is 0 Å². The van der Waals surface area contributed by atoms with Gasteiger partial charge in [0.25, 0.3) is 5.56 Å². The normalized spacial score (nSPS) is 12.2. The maximum Gasteiger partial charge on any atom is 0.291 e. The average molecular weight is 448 g/mol. The lowest BCUT2D eigenvalue weighted by molar-refractivity contribution is 0.288. The maximum absolute atomic E-state index is 12.8. The van der Waals surface area contributed by atoms with Crippen molar-refractivity contribution >= 4 is 34.5 Å². The first kappa shape index (κ1) is 21.8.